The molecule has 0 aliphatic heterocycles. The molecule has 2 nitrogen and oxygen atoms in total. The Kier molecular flexibility index (Phi) is 4.75. The summed E-state index contributed by atoms with van der Waals surface area (Å²) in [7, 11) is 1.95. The van der Waals surface area contributed by atoms with Crippen LogP contribution < -0.4 is 5.32 Å². The Morgan fingerprint density at radius 3 is 2.45 bits per heavy atom. The van der Waals surface area contributed by atoms with Crippen LogP contribution >= 0.6 is 34.5 Å². The summed E-state index contributed by atoms with van der Waals surface area (Å²) < 4.78 is 0. The van der Waals surface area contributed by atoms with E-state index in [-0.39, 0.29) is 5.41 Å². The molecule has 1 aromatic carbocycles. The van der Waals surface area contributed by atoms with Gasteiger partial charge in [-0.3, -0.25) is 0 Å². The summed E-state index contributed by atoms with van der Waals surface area (Å²) in [5, 5.41) is 5.32. The molecule has 1 aromatic heterocycles. The lowest BCUT2D eigenvalue weighted by Gasteiger charge is -2.17. The first-order valence-corrected chi connectivity index (χ1v) is 8.00. The molecule has 0 amide bonds. The Bertz CT molecular complexity index is 615. The molecule has 1 heterocycles. The van der Waals surface area contributed by atoms with E-state index in [2.05, 4.69) is 26.1 Å². The fraction of sp³-hybridized carbons (Fsp3) is 0.400. The normalized spacial score (nSPS) is 11.9. The van der Waals surface area contributed by atoms with Crippen LogP contribution in [0.25, 0.3) is 10.6 Å². The van der Waals surface area contributed by atoms with E-state index in [1.807, 2.05) is 25.2 Å². The van der Waals surface area contributed by atoms with Crippen molar-refractivity contribution in [2.24, 2.45) is 0 Å². The number of thiazole rings is 1. The SMILES string of the molecule is CNCc1sc(-c2ccc(Cl)c(Cl)c2)nc1C(C)(C)C. The molecule has 0 unspecified atom stereocenters. The second-order valence-corrected chi connectivity index (χ2v) is 7.60. The summed E-state index contributed by atoms with van der Waals surface area (Å²) in [5.74, 6) is 0. The van der Waals surface area contributed by atoms with E-state index in [1.165, 1.54) is 4.88 Å². The molecule has 0 fully saturated rings. The molecule has 0 bridgehead atoms. The van der Waals surface area contributed by atoms with Gasteiger partial charge >= 0.3 is 0 Å². The summed E-state index contributed by atoms with van der Waals surface area (Å²) in [4.78, 5) is 6.08. The van der Waals surface area contributed by atoms with Crippen LogP contribution in [0.2, 0.25) is 10.0 Å². The second kappa shape index (κ2) is 6.02. The highest BCUT2D eigenvalue weighted by atomic mass is 35.5. The maximum absolute atomic E-state index is 6.09. The zero-order valence-electron chi connectivity index (χ0n) is 12.1. The first kappa shape index (κ1) is 15.8. The van der Waals surface area contributed by atoms with E-state index in [9.17, 15) is 0 Å². The highest BCUT2D eigenvalue weighted by Crippen LogP contribution is 2.36. The van der Waals surface area contributed by atoms with Crippen LogP contribution in [0.1, 0.15) is 31.3 Å². The van der Waals surface area contributed by atoms with Crippen LogP contribution in [0.4, 0.5) is 0 Å². The number of nitrogens with one attached hydrogen (secondary N) is 1. The van der Waals surface area contributed by atoms with Gasteiger partial charge < -0.3 is 5.32 Å². The average molecular weight is 329 g/mol. The van der Waals surface area contributed by atoms with Crippen molar-refractivity contribution >= 4 is 34.5 Å². The monoisotopic (exact) mass is 328 g/mol. The fourth-order valence-corrected chi connectivity index (χ4v) is 3.55. The molecule has 0 aliphatic rings. The van der Waals surface area contributed by atoms with Crippen LogP contribution in [0.15, 0.2) is 18.2 Å². The molecule has 5 heteroatoms. The van der Waals surface area contributed by atoms with Crippen LogP contribution in [0, 0.1) is 0 Å². The summed E-state index contributed by atoms with van der Waals surface area (Å²) in [6.45, 7) is 7.37. The molecule has 20 heavy (non-hydrogen) atoms. The van der Waals surface area contributed by atoms with E-state index < -0.39 is 0 Å². The van der Waals surface area contributed by atoms with Crippen LogP contribution in [-0.4, -0.2) is 12.0 Å². The van der Waals surface area contributed by atoms with Gasteiger partial charge in [0, 0.05) is 22.4 Å². The van der Waals surface area contributed by atoms with Gasteiger partial charge in [0.05, 0.1) is 15.7 Å². The quantitative estimate of drug-likeness (QED) is 0.844. The number of nitrogens with zero attached hydrogens (tertiary/aromatic N) is 1. The van der Waals surface area contributed by atoms with Crippen molar-refractivity contribution in [3.05, 3.63) is 38.8 Å². The van der Waals surface area contributed by atoms with Crippen molar-refractivity contribution in [3.8, 4) is 10.6 Å². The minimum Gasteiger partial charge on any atom is -0.315 e. The van der Waals surface area contributed by atoms with E-state index in [0.29, 0.717) is 10.0 Å². The molecule has 0 saturated heterocycles. The van der Waals surface area contributed by atoms with Crippen molar-refractivity contribution in [1.29, 1.82) is 0 Å². The van der Waals surface area contributed by atoms with Gasteiger partial charge in [0.1, 0.15) is 5.01 Å². The van der Waals surface area contributed by atoms with Gasteiger partial charge in [0.2, 0.25) is 0 Å². The largest absolute Gasteiger partial charge is 0.315 e. The minimum atomic E-state index is 0.0250. The lowest BCUT2D eigenvalue weighted by Crippen LogP contribution is -2.16. The molecule has 1 N–H and O–H groups in total. The number of aromatic nitrogens is 1. The van der Waals surface area contributed by atoms with Crippen molar-refractivity contribution in [2.75, 3.05) is 7.05 Å². The summed E-state index contributed by atoms with van der Waals surface area (Å²) in [5.41, 5.74) is 2.17. The Morgan fingerprint density at radius 2 is 1.90 bits per heavy atom. The topological polar surface area (TPSA) is 24.9 Å². The molecule has 108 valence electrons. The third-order valence-electron chi connectivity index (χ3n) is 2.91. The van der Waals surface area contributed by atoms with E-state index in [0.717, 1.165) is 22.8 Å². The van der Waals surface area contributed by atoms with Crippen molar-refractivity contribution < 1.29 is 0 Å². The fourth-order valence-electron chi connectivity index (χ4n) is 1.97. The highest BCUT2D eigenvalue weighted by Gasteiger charge is 2.23. The number of benzene rings is 1. The Morgan fingerprint density at radius 1 is 1.20 bits per heavy atom. The predicted octanol–water partition coefficient (Wildman–Crippen LogP) is 5.13. The van der Waals surface area contributed by atoms with Crippen molar-refractivity contribution in [1.82, 2.24) is 10.3 Å². The summed E-state index contributed by atoms with van der Waals surface area (Å²) in [6, 6.07) is 5.65. The number of hydrogen-bond donors (Lipinski definition) is 1. The maximum atomic E-state index is 6.09. The third-order valence-corrected chi connectivity index (χ3v) is 4.76. The van der Waals surface area contributed by atoms with E-state index in [4.69, 9.17) is 28.2 Å². The van der Waals surface area contributed by atoms with Gasteiger partial charge in [-0.25, -0.2) is 4.98 Å². The van der Waals surface area contributed by atoms with Gasteiger partial charge in [-0.1, -0.05) is 50.0 Å². The minimum absolute atomic E-state index is 0.0250. The summed E-state index contributed by atoms with van der Waals surface area (Å²) in [6.07, 6.45) is 0. The molecule has 2 aromatic rings. The zero-order valence-corrected chi connectivity index (χ0v) is 14.4. The lowest BCUT2D eigenvalue weighted by molar-refractivity contribution is 0.563. The molecule has 2 rings (SSSR count). The smallest absolute Gasteiger partial charge is 0.123 e. The highest BCUT2D eigenvalue weighted by molar-refractivity contribution is 7.15. The third kappa shape index (κ3) is 3.34. The van der Waals surface area contributed by atoms with Crippen molar-refractivity contribution in [2.45, 2.75) is 32.7 Å². The van der Waals surface area contributed by atoms with Gasteiger partial charge in [0.25, 0.3) is 0 Å². The maximum Gasteiger partial charge on any atom is 0.123 e. The molecular weight excluding hydrogens is 311 g/mol. The predicted molar refractivity (Wildman–Crippen MR) is 89.0 cm³/mol. The molecule has 0 atom stereocenters. The molecule has 0 radical (unpaired) electrons. The van der Waals surface area contributed by atoms with Crippen LogP contribution in [-0.2, 0) is 12.0 Å². The van der Waals surface area contributed by atoms with Gasteiger partial charge in [0.15, 0.2) is 0 Å². The van der Waals surface area contributed by atoms with Gasteiger partial charge in [-0.05, 0) is 19.2 Å². The van der Waals surface area contributed by atoms with Crippen molar-refractivity contribution in [3.63, 3.8) is 0 Å². The number of rotatable bonds is 3. The van der Waals surface area contributed by atoms with Gasteiger partial charge in [-0.2, -0.15) is 0 Å². The van der Waals surface area contributed by atoms with Crippen LogP contribution in [0.5, 0.6) is 0 Å². The van der Waals surface area contributed by atoms with Gasteiger partial charge in [-0.15, -0.1) is 11.3 Å². The Hall–Kier alpha value is -0.610. The summed E-state index contributed by atoms with van der Waals surface area (Å²) >= 11 is 13.8. The van der Waals surface area contributed by atoms with E-state index >= 15 is 0 Å². The van der Waals surface area contributed by atoms with Crippen LogP contribution in [0.3, 0.4) is 0 Å². The number of hydrogen-bond acceptors (Lipinski definition) is 3. The Labute approximate surface area is 134 Å². The average Bonchev–Trinajstić information content (AvgIpc) is 2.77. The number of halogens is 2. The molecule has 0 aliphatic carbocycles. The Balaban J connectivity index is 2.49. The first-order chi connectivity index (χ1) is 9.32. The molecule has 0 saturated carbocycles. The standard InChI is InChI=1S/C15H18Cl2N2S/c1-15(2,3)13-12(8-18-4)20-14(19-13)9-5-6-10(16)11(17)7-9/h5-7,18H,8H2,1-4H3. The van der Waals surface area contributed by atoms with E-state index in [1.54, 1.807) is 11.3 Å². The lowest BCUT2D eigenvalue weighted by atomic mass is 9.91. The molecule has 0 spiro atoms. The second-order valence-electron chi connectivity index (χ2n) is 5.70. The molecular formula is C15H18Cl2N2S. The zero-order chi connectivity index (χ0) is 14.9. The first-order valence-electron chi connectivity index (χ1n) is 6.43.